The predicted octanol–water partition coefficient (Wildman–Crippen LogP) is 2.31. The van der Waals surface area contributed by atoms with Crippen LogP contribution >= 0.6 is 11.8 Å². The molecule has 0 fully saturated rings. The summed E-state index contributed by atoms with van der Waals surface area (Å²) < 4.78 is 0. The molecular weight excluding hydrogens is 210 g/mol. The van der Waals surface area contributed by atoms with Crippen LogP contribution in [0.15, 0.2) is 29.2 Å². The third-order valence-electron chi connectivity index (χ3n) is 1.98. The molecule has 2 N–H and O–H groups in total. The van der Waals surface area contributed by atoms with E-state index in [9.17, 15) is 4.79 Å². The van der Waals surface area contributed by atoms with Gasteiger partial charge in [-0.15, -0.1) is 11.8 Å². The van der Waals surface area contributed by atoms with Crippen molar-refractivity contribution in [1.29, 1.82) is 0 Å². The Bertz CT molecular complexity index is 451. The van der Waals surface area contributed by atoms with E-state index in [1.54, 1.807) is 11.8 Å². The molecule has 1 aromatic carbocycles. The van der Waals surface area contributed by atoms with Gasteiger partial charge in [0, 0.05) is 22.9 Å². The molecule has 0 radical (unpaired) electrons. The lowest BCUT2D eigenvalue weighted by Gasteiger charge is -1.94. The lowest BCUT2D eigenvalue weighted by Crippen LogP contribution is -1.74. The normalized spacial score (nSPS) is 9.53. The lowest BCUT2D eigenvalue weighted by atomic mass is 10.2. The molecule has 0 unspecified atom stereocenters. The van der Waals surface area contributed by atoms with Crippen LogP contribution in [0.5, 0.6) is 0 Å². The summed E-state index contributed by atoms with van der Waals surface area (Å²) in [6.07, 6.45) is 2.87. The van der Waals surface area contributed by atoms with Gasteiger partial charge in [-0.2, -0.15) is 0 Å². The summed E-state index contributed by atoms with van der Waals surface area (Å²) in [5.41, 5.74) is 1.65. The standard InChI is InChI=1S/C10H9NOS.CH4O/c1-13-9-2-3-10-7(5-9)4-8(6-12)11-10;1-2/h2-6,11H,1H3;2H,1H3. The summed E-state index contributed by atoms with van der Waals surface area (Å²) in [7, 11) is 1.00. The number of aldehydes is 1. The molecule has 0 saturated carbocycles. The summed E-state index contributed by atoms with van der Waals surface area (Å²) in [6.45, 7) is 0. The number of aliphatic hydroxyl groups is 1. The second-order valence-corrected chi connectivity index (χ2v) is 3.68. The Hall–Kier alpha value is -1.26. The fourth-order valence-electron chi connectivity index (χ4n) is 1.32. The average Bonchev–Trinajstić information content (AvgIpc) is 2.73. The maximum Gasteiger partial charge on any atom is 0.166 e. The largest absolute Gasteiger partial charge is 0.400 e. The number of carbonyl (C=O) groups excluding carboxylic acids is 1. The fourth-order valence-corrected chi connectivity index (χ4v) is 1.77. The highest BCUT2D eigenvalue weighted by molar-refractivity contribution is 7.98. The van der Waals surface area contributed by atoms with E-state index < -0.39 is 0 Å². The second kappa shape index (κ2) is 5.58. The van der Waals surface area contributed by atoms with Crippen LogP contribution in [0.2, 0.25) is 0 Å². The number of benzene rings is 1. The smallest absolute Gasteiger partial charge is 0.166 e. The molecule has 0 aliphatic heterocycles. The maximum absolute atomic E-state index is 10.5. The minimum absolute atomic E-state index is 0.633. The molecule has 0 aliphatic rings. The topological polar surface area (TPSA) is 53.1 Å². The summed E-state index contributed by atoms with van der Waals surface area (Å²) >= 11 is 1.70. The SMILES string of the molecule is CO.CSc1ccc2[nH]c(C=O)cc2c1. The molecule has 0 saturated heterocycles. The van der Waals surface area contributed by atoms with Crippen LogP contribution in [0.3, 0.4) is 0 Å². The quantitative estimate of drug-likeness (QED) is 0.606. The van der Waals surface area contributed by atoms with Crippen molar-refractivity contribution in [2.45, 2.75) is 4.90 Å². The number of aliphatic hydroxyl groups excluding tert-OH is 1. The minimum Gasteiger partial charge on any atom is -0.400 e. The van der Waals surface area contributed by atoms with Crippen LogP contribution < -0.4 is 0 Å². The number of nitrogens with one attached hydrogen (secondary N) is 1. The molecular formula is C11H13NO2S. The van der Waals surface area contributed by atoms with E-state index in [0.717, 1.165) is 24.3 Å². The van der Waals surface area contributed by atoms with E-state index >= 15 is 0 Å². The summed E-state index contributed by atoms with van der Waals surface area (Å²) in [5.74, 6) is 0. The number of H-pyrrole nitrogens is 1. The summed E-state index contributed by atoms with van der Waals surface area (Å²) in [5, 5.41) is 8.09. The van der Waals surface area contributed by atoms with Crippen molar-refractivity contribution in [3.8, 4) is 0 Å². The van der Waals surface area contributed by atoms with Gasteiger partial charge in [-0.1, -0.05) is 0 Å². The molecule has 80 valence electrons. The molecule has 0 bridgehead atoms. The first-order valence-electron chi connectivity index (χ1n) is 4.40. The monoisotopic (exact) mass is 223 g/mol. The van der Waals surface area contributed by atoms with Gasteiger partial charge in [-0.3, -0.25) is 4.79 Å². The van der Waals surface area contributed by atoms with Crippen molar-refractivity contribution in [3.63, 3.8) is 0 Å². The van der Waals surface area contributed by atoms with E-state index in [1.165, 1.54) is 4.90 Å². The van der Waals surface area contributed by atoms with Gasteiger partial charge in [0.25, 0.3) is 0 Å². The Morgan fingerprint density at radius 1 is 1.33 bits per heavy atom. The van der Waals surface area contributed by atoms with E-state index in [0.29, 0.717) is 5.69 Å². The Morgan fingerprint density at radius 3 is 2.67 bits per heavy atom. The van der Waals surface area contributed by atoms with Crippen LogP contribution in [0.1, 0.15) is 10.5 Å². The van der Waals surface area contributed by atoms with E-state index in [2.05, 4.69) is 11.1 Å². The Kier molecular flexibility index (Phi) is 4.39. The first-order chi connectivity index (χ1) is 7.33. The number of fused-ring (bicyclic) bond motifs is 1. The third-order valence-corrected chi connectivity index (χ3v) is 2.70. The predicted molar refractivity (Wildman–Crippen MR) is 63.6 cm³/mol. The van der Waals surface area contributed by atoms with Crippen LogP contribution in [0, 0.1) is 0 Å². The van der Waals surface area contributed by atoms with Crippen molar-refractivity contribution < 1.29 is 9.90 Å². The Labute approximate surface area is 92.5 Å². The van der Waals surface area contributed by atoms with Crippen LogP contribution in [0.25, 0.3) is 10.9 Å². The first-order valence-corrected chi connectivity index (χ1v) is 5.62. The molecule has 0 aliphatic carbocycles. The zero-order valence-corrected chi connectivity index (χ0v) is 9.47. The molecule has 1 heterocycles. The molecule has 1 aromatic heterocycles. The maximum atomic E-state index is 10.5. The van der Waals surface area contributed by atoms with Gasteiger partial charge < -0.3 is 10.1 Å². The van der Waals surface area contributed by atoms with Gasteiger partial charge in [-0.05, 0) is 30.5 Å². The third kappa shape index (κ3) is 2.61. The summed E-state index contributed by atoms with van der Waals surface area (Å²) in [4.78, 5) is 14.7. The lowest BCUT2D eigenvalue weighted by molar-refractivity contribution is 0.112. The van der Waals surface area contributed by atoms with Gasteiger partial charge >= 0.3 is 0 Å². The Morgan fingerprint density at radius 2 is 2.07 bits per heavy atom. The molecule has 3 nitrogen and oxygen atoms in total. The van der Waals surface area contributed by atoms with Crippen molar-refractivity contribution >= 4 is 29.0 Å². The number of hydrogen-bond acceptors (Lipinski definition) is 3. The number of hydrogen-bond donors (Lipinski definition) is 2. The zero-order valence-electron chi connectivity index (χ0n) is 8.65. The van der Waals surface area contributed by atoms with Gasteiger partial charge in [0.15, 0.2) is 6.29 Å². The van der Waals surface area contributed by atoms with Crippen molar-refractivity contribution in [2.24, 2.45) is 0 Å². The van der Waals surface area contributed by atoms with E-state index in [-0.39, 0.29) is 0 Å². The average molecular weight is 223 g/mol. The highest BCUT2D eigenvalue weighted by Gasteiger charge is 1.99. The van der Waals surface area contributed by atoms with Crippen LogP contribution in [-0.2, 0) is 0 Å². The van der Waals surface area contributed by atoms with Crippen molar-refractivity contribution in [1.82, 2.24) is 4.98 Å². The highest BCUT2D eigenvalue weighted by Crippen LogP contribution is 2.21. The molecule has 2 aromatic rings. The highest BCUT2D eigenvalue weighted by atomic mass is 32.2. The van der Waals surface area contributed by atoms with Gasteiger partial charge in [0.1, 0.15) is 0 Å². The van der Waals surface area contributed by atoms with E-state index in [1.807, 2.05) is 24.5 Å². The van der Waals surface area contributed by atoms with Gasteiger partial charge in [0.05, 0.1) is 5.69 Å². The van der Waals surface area contributed by atoms with Gasteiger partial charge in [-0.25, -0.2) is 0 Å². The Balaban J connectivity index is 0.000000531. The molecule has 0 atom stereocenters. The van der Waals surface area contributed by atoms with Gasteiger partial charge in [0.2, 0.25) is 0 Å². The number of rotatable bonds is 2. The van der Waals surface area contributed by atoms with Crippen LogP contribution in [-0.4, -0.2) is 29.7 Å². The number of aromatic amines is 1. The molecule has 0 amide bonds. The molecule has 15 heavy (non-hydrogen) atoms. The fraction of sp³-hybridized carbons (Fsp3) is 0.182. The van der Waals surface area contributed by atoms with E-state index in [4.69, 9.17) is 5.11 Å². The molecule has 0 spiro atoms. The first kappa shape index (κ1) is 11.8. The number of aromatic nitrogens is 1. The van der Waals surface area contributed by atoms with Crippen LogP contribution in [0.4, 0.5) is 0 Å². The zero-order chi connectivity index (χ0) is 11.3. The van der Waals surface area contributed by atoms with Crippen molar-refractivity contribution in [2.75, 3.05) is 13.4 Å². The minimum atomic E-state index is 0.633. The summed E-state index contributed by atoms with van der Waals surface area (Å²) in [6, 6.07) is 7.97. The molecule has 4 heteroatoms. The number of thioether (sulfide) groups is 1. The van der Waals surface area contributed by atoms with Crippen molar-refractivity contribution in [3.05, 3.63) is 30.0 Å². The molecule has 2 rings (SSSR count). The second-order valence-electron chi connectivity index (χ2n) is 2.80. The number of carbonyl (C=O) groups is 1.